The summed E-state index contributed by atoms with van der Waals surface area (Å²) >= 11 is 1.79. The minimum absolute atomic E-state index is 0.910. The van der Waals surface area contributed by atoms with E-state index < -0.39 is 0 Å². The van der Waals surface area contributed by atoms with Crippen LogP contribution in [-0.2, 0) is 13.1 Å². The Morgan fingerprint density at radius 3 is 2.37 bits per heavy atom. The largest absolute Gasteiger partial charge is 0.380 e. The molecule has 3 heteroatoms. The van der Waals surface area contributed by atoms with Gasteiger partial charge in [-0.2, -0.15) is 0 Å². The van der Waals surface area contributed by atoms with Crippen LogP contribution in [0.2, 0.25) is 0 Å². The summed E-state index contributed by atoms with van der Waals surface area (Å²) in [6.07, 6.45) is 0. The van der Waals surface area contributed by atoms with Gasteiger partial charge in [-0.3, -0.25) is 4.90 Å². The van der Waals surface area contributed by atoms with Crippen LogP contribution in [0.25, 0.3) is 0 Å². The maximum Gasteiger partial charge on any atom is 0.0494 e. The van der Waals surface area contributed by atoms with E-state index in [1.807, 2.05) is 0 Å². The van der Waals surface area contributed by atoms with E-state index in [1.54, 1.807) is 11.3 Å². The highest BCUT2D eigenvalue weighted by atomic mass is 32.1. The fourth-order valence-corrected chi connectivity index (χ4v) is 2.68. The third-order valence-electron chi connectivity index (χ3n) is 3.30. The zero-order chi connectivity index (χ0) is 13.5. The molecule has 0 bridgehead atoms. The van der Waals surface area contributed by atoms with Gasteiger partial charge in [0.25, 0.3) is 0 Å². The van der Waals surface area contributed by atoms with Crippen LogP contribution in [0, 0.1) is 0 Å². The molecule has 0 aliphatic heterocycles. The first-order valence-electron chi connectivity index (χ1n) is 6.89. The van der Waals surface area contributed by atoms with Gasteiger partial charge in [-0.1, -0.05) is 32.0 Å². The standard InChI is InChI=1S/C16H22N2S/c1-3-18(4-2)13-14-7-9-15(10-8-14)17-12-16-6-5-11-19-16/h5-11,17H,3-4,12-13H2,1-2H3. The predicted octanol–water partition coefficient (Wildman–Crippen LogP) is 4.20. The second-order valence-corrected chi connectivity index (χ2v) is 5.62. The average Bonchev–Trinajstić information content (AvgIpc) is 2.97. The van der Waals surface area contributed by atoms with Crippen LogP contribution in [0.4, 0.5) is 5.69 Å². The second kappa shape index (κ2) is 7.31. The van der Waals surface area contributed by atoms with Crippen molar-refractivity contribution in [2.75, 3.05) is 18.4 Å². The number of hydrogen-bond acceptors (Lipinski definition) is 3. The molecule has 2 rings (SSSR count). The van der Waals surface area contributed by atoms with Crippen LogP contribution in [0.1, 0.15) is 24.3 Å². The lowest BCUT2D eigenvalue weighted by molar-refractivity contribution is 0.296. The van der Waals surface area contributed by atoms with Crippen LogP contribution < -0.4 is 5.32 Å². The van der Waals surface area contributed by atoms with E-state index in [0.29, 0.717) is 0 Å². The molecule has 0 aliphatic carbocycles. The third-order valence-corrected chi connectivity index (χ3v) is 4.18. The number of hydrogen-bond donors (Lipinski definition) is 1. The minimum Gasteiger partial charge on any atom is -0.380 e. The van der Waals surface area contributed by atoms with Crippen LogP contribution in [-0.4, -0.2) is 18.0 Å². The van der Waals surface area contributed by atoms with E-state index in [9.17, 15) is 0 Å². The second-order valence-electron chi connectivity index (χ2n) is 4.59. The van der Waals surface area contributed by atoms with E-state index in [2.05, 4.69) is 65.8 Å². The summed E-state index contributed by atoms with van der Waals surface area (Å²) in [5.74, 6) is 0. The monoisotopic (exact) mass is 274 g/mol. The van der Waals surface area contributed by atoms with E-state index in [1.165, 1.54) is 16.1 Å². The first-order valence-corrected chi connectivity index (χ1v) is 7.77. The molecule has 19 heavy (non-hydrogen) atoms. The lowest BCUT2D eigenvalue weighted by Crippen LogP contribution is -2.21. The highest BCUT2D eigenvalue weighted by Gasteiger charge is 2.01. The molecule has 0 saturated heterocycles. The van der Waals surface area contributed by atoms with Gasteiger partial charge in [-0.15, -0.1) is 11.3 Å². The Morgan fingerprint density at radius 2 is 1.79 bits per heavy atom. The van der Waals surface area contributed by atoms with Gasteiger partial charge >= 0.3 is 0 Å². The molecular formula is C16H22N2S. The molecule has 2 aromatic rings. The van der Waals surface area contributed by atoms with Crippen molar-refractivity contribution in [3.63, 3.8) is 0 Å². The molecule has 0 aliphatic rings. The molecule has 0 unspecified atom stereocenters. The number of nitrogens with zero attached hydrogens (tertiary/aromatic N) is 1. The van der Waals surface area contributed by atoms with Gasteiger partial charge in [-0.25, -0.2) is 0 Å². The summed E-state index contributed by atoms with van der Waals surface area (Å²) in [7, 11) is 0. The fourth-order valence-electron chi connectivity index (χ4n) is 2.04. The molecule has 0 atom stereocenters. The molecule has 1 aromatic carbocycles. The lowest BCUT2D eigenvalue weighted by atomic mass is 10.2. The molecule has 0 radical (unpaired) electrons. The molecule has 0 amide bonds. The quantitative estimate of drug-likeness (QED) is 0.814. The molecular weight excluding hydrogens is 252 g/mol. The molecule has 1 aromatic heterocycles. The number of nitrogens with one attached hydrogen (secondary N) is 1. The van der Waals surface area contributed by atoms with Gasteiger partial charge in [0.15, 0.2) is 0 Å². The van der Waals surface area contributed by atoms with E-state index in [0.717, 1.165) is 26.2 Å². The summed E-state index contributed by atoms with van der Waals surface area (Å²) in [5, 5.41) is 5.57. The van der Waals surface area contributed by atoms with Crippen molar-refractivity contribution >= 4 is 17.0 Å². The van der Waals surface area contributed by atoms with Gasteiger partial charge in [0.1, 0.15) is 0 Å². The molecule has 0 spiro atoms. The van der Waals surface area contributed by atoms with Gasteiger partial charge in [0.2, 0.25) is 0 Å². The maximum absolute atomic E-state index is 3.45. The summed E-state index contributed by atoms with van der Waals surface area (Å²) in [5.41, 5.74) is 2.57. The molecule has 1 heterocycles. The smallest absolute Gasteiger partial charge is 0.0494 e. The van der Waals surface area contributed by atoms with Crippen LogP contribution >= 0.6 is 11.3 Å². The van der Waals surface area contributed by atoms with Crippen molar-refractivity contribution in [1.82, 2.24) is 4.90 Å². The summed E-state index contributed by atoms with van der Waals surface area (Å²) < 4.78 is 0. The van der Waals surface area contributed by atoms with Crippen LogP contribution in [0.5, 0.6) is 0 Å². The van der Waals surface area contributed by atoms with E-state index in [4.69, 9.17) is 0 Å². The Balaban J connectivity index is 1.87. The maximum atomic E-state index is 3.45. The molecule has 102 valence electrons. The van der Waals surface area contributed by atoms with Gasteiger partial charge in [-0.05, 0) is 42.2 Å². The van der Waals surface area contributed by atoms with Gasteiger partial charge in [0, 0.05) is 23.7 Å². The average molecular weight is 274 g/mol. The Bertz CT molecular complexity index is 458. The SMILES string of the molecule is CCN(CC)Cc1ccc(NCc2cccs2)cc1. The normalized spacial score (nSPS) is 10.9. The first-order chi connectivity index (χ1) is 9.31. The van der Waals surface area contributed by atoms with E-state index in [-0.39, 0.29) is 0 Å². The summed E-state index contributed by atoms with van der Waals surface area (Å²) in [6.45, 7) is 8.58. The molecule has 2 nitrogen and oxygen atoms in total. The zero-order valence-electron chi connectivity index (χ0n) is 11.7. The van der Waals surface area contributed by atoms with Crippen molar-refractivity contribution in [2.24, 2.45) is 0 Å². The van der Waals surface area contributed by atoms with Crippen molar-refractivity contribution in [3.8, 4) is 0 Å². The Hall–Kier alpha value is -1.32. The first kappa shape index (κ1) is 14.1. The number of benzene rings is 1. The Morgan fingerprint density at radius 1 is 1.05 bits per heavy atom. The number of rotatable bonds is 7. The third kappa shape index (κ3) is 4.37. The highest BCUT2D eigenvalue weighted by molar-refractivity contribution is 7.09. The van der Waals surface area contributed by atoms with Gasteiger partial charge < -0.3 is 5.32 Å². The Labute approximate surface area is 120 Å². The van der Waals surface area contributed by atoms with E-state index >= 15 is 0 Å². The predicted molar refractivity (Wildman–Crippen MR) is 84.7 cm³/mol. The lowest BCUT2D eigenvalue weighted by Gasteiger charge is -2.18. The van der Waals surface area contributed by atoms with Crippen LogP contribution in [0.15, 0.2) is 41.8 Å². The zero-order valence-corrected chi connectivity index (χ0v) is 12.5. The molecule has 1 N–H and O–H groups in total. The van der Waals surface area contributed by atoms with Crippen molar-refractivity contribution in [1.29, 1.82) is 0 Å². The minimum atomic E-state index is 0.910. The van der Waals surface area contributed by atoms with Crippen LogP contribution in [0.3, 0.4) is 0 Å². The van der Waals surface area contributed by atoms with Crippen molar-refractivity contribution in [3.05, 3.63) is 52.2 Å². The highest BCUT2D eigenvalue weighted by Crippen LogP contribution is 2.14. The van der Waals surface area contributed by atoms with Gasteiger partial charge in [0.05, 0.1) is 0 Å². The fraction of sp³-hybridized carbons (Fsp3) is 0.375. The number of anilines is 1. The summed E-state index contributed by atoms with van der Waals surface area (Å²) in [4.78, 5) is 3.79. The van der Waals surface area contributed by atoms with Crippen molar-refractivity contribution < 1.29 is 0 Å². The topological polar surface area (TPSA) is 15.3 Å². The van der Waals surface area contributed by atoms with Crippen molar-refractivity contribution in [2.45, 2.75) is 26.9 Å². The molecule has 0 fully saturated rings. The Kier molecular flexibility index (Phi) is 5.43. The summed E-state index contributed by atoms with van der Waals surface area (Å²) in [6, 6.07) is 13.0. The number of thiophene rings is 1. The molecule has 0 saturated carbocycles.